The van der Waals surface area contributed by atoms with Gasteiger partial charge in [-0.2, -0.15) is 4.31 Å². The van der Waals surface area contributed by atoms with E-state index in [1.165, 1.54) is 12.1 Å². The van der Waals surface area contributed by atoms with Crippen molar-refractivity contribution in [3.05, 3.63) is 94.5 Å². The van der Waals surface area contributed by atoms with Gasteiger partial charge >= 0.3 is 5.97 Å². The van der Waals surface area contributed by atoms with Crippen LogP contribution < -0.4 is 5.32 Å². The third kappa shape index (κ3) is 7.65. The molecule has 0 radical (unpaired) electrons. The van der Waals surface area contributed by atoms with Crippen LogP contribution in [0, 0.1) is 6.92 Å². The molecule has 1 N–H and O–H groups in total. The molecule has 0 spiro atoms. The van der Waals surface area contributed by atoms with E-state index in [1.807, 2.05) is 6.92 Å². The Morgan fingerprint density at radius 3 is 2.11 bits per heavy atom. The highest BCUT2D eigenvalue weighted by Crippen LogP contribution is 2.20. The number of rotatable bonds is 10. The summed E-state index contributed by atoms with van der Waals surface area (Å²) in [7, 11) is -3.95. The van der Waals surface area contributed by atoms with Crippen LogP contribution in [0.2, 0.25) is 5.02 Å². The van der Waals surface area contributed by atoms with Crippen LogP contribution in [-0.2, 0) is 37.3 Å². The Morgan fingerprint density at radius 1 is 0.914 bits per heavy atom. The molecular weight excluding hydrogens is 488 g/mol. The highest BCUT2D eigenvalue weighted by atomic mass is 35.5. The molecule has 3 aromatic rings. The fourth-order valence-corrected chi connectivity index (χ4v) is 4.83. The Balaban J connectivity index is 1.76. The second-order valence-electron chi connectivity index (χ2n) is 7.94. The van der Waals surface area contributed by atoms with Crippen molar-refractivity contribution in [2.24, 2.45) is 0 Å². The standard InChI is InChI=1S/C26H27ClN2O5S/c1-3-34-26(31)16-20-8-12-23(13-9-20)28-25(30)18-29(17-21-6-10-22(27)11-7-21)35(32,33)24-14-4-19(2)5-15-24/h4-15H,3,16-18H2,1-2H3,(H,28,30). The summed E-state index contributed by atoms with van der Waals surface area (Å²) in [5.74, 6) is -0.823. The van der Waals surface area contributed by atoms with E-state index < -0.39 is 15.9 Å². The van der Waals surface area contributed by atoms with Gasteiger partial charge in [0.1, 0.15) is 0 Å². The SMILES string of the molecule is CCOC(=O)Cc1ccc(NC(=O)CN(Cc2ccc(Cl)cc2)S(=O)(=O)c2ccc(C)cc2)cc1. The molecule has 0 unspecified atom stereocenters. The molecule has 0 fully saturated rings. The summed E-state index contributed by atoms with van der Waals surface area (Å²) in [6.07, 6.45) is 0.131. The highest BCUT2D eigenvalue weighted by Gasteiger charge is 2.27. The van der Waals surface area contributed by atoms with Crippen LogP contribution in [-0.4, -0.2) is 37.8 Å². The van der Waals surface area contributed by atoms with Crippen LogP contribution in [0.3, 0.4) is 0 Å². The number of amides is 1. The lowest BCUT2D eigenvalue weighted by atomic mass is 10.1. The Hall–Kier alpha value is -3.20. The van der Waals surface area contributed by atoms with Crippen molar-refractivity contribution in [3.63, 3.8) is 0 Å². The number of aryl methyl sites for hydroxylation is 1. The monoisotopic (exact) mass is 514 g/mol. The largest absolute Gasteiger partial charge is 0.466 e. The number of sulfonamides is 1. The molecule has 0 aromatic heterocycles. The Morgan fingerprint density at radius 2 is 1.51 bits per heavy atom. The summed E-state index contributed by atoms with van der Waals surface area (Å²) in [4.78, 5) is 24.6. The van der Waals surface area contributed by atoms with Crippen LogP contribution in [0.25, 0.3) is 0 Å². The Labute approximate surface area is 210 Å². The number of ether oxygens (including phenoxy) is 1. The van der Waals surface area contributed by atoms with Crippen LogP contribution in [0.5, 0.6) is 0 Å². The fourth-order valence-electron chi connectivity index (χ4n) is 3.32. The molecule has 0 aliphatic heterocycles. The van der Waals surface area contributed by atoms with Crippen molar-refractivity contribution < 1.29 is 22.7 Å². The van der Waals surface area contributed by atoms with Crippen molar-refractivity contribution in [2.45, 2.75) is 31.7 Å². The molecule has 7 nitrogen and oxygen atoms in total. The van der Waals surface area contributed by atoms with E-state index in [2.05, 4.69) is 5.32 Å². The molecule has 0 atom stereocenters. The van der Waals surface area contributed by atoms with Gasteiger partial charge < -0.3 is 10.1 Å². The number of carbonyl (C=O) groups excluding carboxylic acids is 2. The molecule has 184 valence electrons. The number of halogens is 1. The molecule has 0 heterocycles. The summed E-state index contributed by atoms with van der Waals surface area (Å²) in [5, 5.41) is 3.26. The van der Waals surface area contributed by atoms with Gasteiger partial charge in [-0.15, -0.1) is 0 Å². The lowest BCUT2D eigenvalue weighted by molar-refractivity contribution is -0.142. The summed E-state index contributed by atoms with van der Waals surface area (Å²) >= 11 is 5.96. The van der Waals surface area contributed by atoms with Gasteiger partial charge in [0.25, 0.3) is 0 Å². The fraction of sp³-hybridized carbons (Fsp3) is 0.231. The first-order chi connectivity index (χ1) is 16.7. The van der Waals surface area contributed by atoms with E-state index in [0.29, 0.717) is 22.9 Å². The maximum absolute atomic E-state index is 13.4. The van der Waals surface area contributed by atoms with Gasteiger partial charge in [0.15, 0.2) is 0 Å². The van der Waals surface area contributed by atoms with Crippen molar-refractivity contribution in [2.75, 3.05) is 18.5 Å². The van der Waals surface area contributed by atoms with E-state index in [1.54, 1.807) is 67.6 Å². The van der Waals surface area contributed by atoms with Gasteiger partial charge in [0.2, 0.25) is 15.9 Å². The van der Waals surface area contributed by atoms with Crippen LogP contribution in [0.4, 0.5) is 5.69 Å². The predicted molar refractivity (Wildman–Crippen MR) is 136 cm³/mol. The van der Waals surface area contributed by atoms with Gasteiger partial charge in [0, 0.05) is 17.3 Å². The third-order valence-electron chi connectivity index (χ3n) is 5.14. The second-order valence-corrected chi connectivity index (χ2v) is 10.3. The zero-order valence-corrected chi connectivity index (χ0v) is 21.1. The van der Waals surface area contributed by atoms with Crippen molar-refractivity contribution >= 4 is 39.2 Å². The maximum atomic E-state index is 13.4. The van der Waals surface area contributed by atoms with Gasteiger partial charge in [-0.1, -0.05) is 53.6 Å². The van der Waals surface area contributed by atoms with Crippen LogP contribution in [0.1, 0.15) is 23.6 Å². The average Bonchev–Trinajstić information content (AvgIpc) is 2.82. The molecule has 3 aromatic carbocycles. The first-order valence-corrected chi connectivity index (χ1v) is 12.8. The highest BCUT2D eigenvalue weighted by molar-refractivity contribution is 7.89. The molecule has 1 amide bonds. The van der Waals surface area contributed by atoms with Crippen molar-refractivity contribution in [3.8, 4) is 0 Å². The van der Waals surface area contributed by atoms with Gasteiger partial charge in [-0.25, -0.2) is 8.42 Å². The zero-order valence-electron chi connectivity index (χ0n) is 19.5. The molecule has 3 rings (SSSR count). The van der Waals surface area contributed by atoms with Crippen LogP contribution >= 0.6 is 11.6 Å². The molecule has 0 saturated heterocycles. The van der Waals surface area contributed by atoms with Crippen molar-refractivity contribution in [1.29, 1.82) is 0 Å². The Bertz CT molecular complexity index is 1260. The number of nitrogens with one attached hydrogen (secondary N) is 1. The van der Waals surface area contributed by atoms with Crippen LogP contribution in [0.15, 0.2) is 77.7 Å². The molecule has 0 saturated carbocycles. The third-order valence-corrected chi connectivity index (χ3v) is 7.20. The smallest absolute Gasteiger partial charge is 0.310 e. The minimum atomic E-state index is -3.95. The minimum Gasteiger partial charge on any atom is -0.466 e. The lowest BCUT2D eigenvalue weighted by Gasteiger charge is -2.22. The number of carbonyl (C=O) groups is 2. The summed E-state index contributed by atoms with van der Waals surface area (Å²) < 4.78 is 32.8. The maximum Gasteiger partial charge on any atom is 0.310 e. The average molecular weight is 515 g/mol. The van der Waals surface area contributed by atoms with E-state index in [4.69, 9.17) is 16.3 Å². The second kappa shape index (κ2) is 12.0. The lowest BCUT2D eigenvalue weighted by Crippen LogP contribution is -2.37. The molecule has 0 aliphatic rings. The van der Waals surface area contributed by atoms with E-state index in [0.717, 1.165) is 15.4 Å². The summed E-state index contributed by atoms with van der Waals surface area (Å²) in [6.45, 7) is 3.53. The molecular formula is C26H27ClN2O5S. The van der Waals surface area contributed by atoms with Gasteiger partial charge in [-0.3, -0.25) is 9.59 Å². The van der Waals surface area contributed by atoms with E-state index >= 15 is 0 Å². The zero-order chi connectivity index (χ0) is 25.4. The van der Waals surface area contributed by atoms with Gasteiger partial charge in [-0.05, 0) is 61.4 Å². The van der Waals surface area contributed by atoms with E-state index in [9.17, 15) is 18.0 Å². The number of hydrogen-bond donors (Lipinski definition) is 1. The van der Waals surface area contributed by atoms with E-state index in [-0.39, 0.29) is 30.4 Å². The first-order valence-electron chi connectivity index (χ1n) is 11.0. The topological polar surface area (TPSA) is 92.8 Å². The number of benzene rings is 3. The van der Waals surface area contributed by atoms with Gasteiger partial charge in [0.05, 0.1) is 24.5 Å². The molecule has 0 bridgehead atoms. The molecule has 9 heteroatoms. The number of hydrogen-bond acceptors (Lipinski definition) is 5. The number of esters is 1. The molecule has 0 aliphatic carbocycles. The first kappa shape index (κ1) is 26.4. The Kier molecular flexibility index (Phi) is 9.03. The minimum absolute atomic E-state index is 0.000718. The molecule has 35 heavy (non-hydrogen) atoms. The summed E-state index contributed by atoms with van der Waals surface area (Å²) in [6, 6.07) is 20.0. The predicted octanol–water partition coefficient (Wildman–Crippen LogP) is 4.58. The summed E-state index contributed by atoms with van der Waals surface area (Å²) in [5.41, 5.74) is 2.85. The number of anilines is 1. The normalized spacial score (nSPS) is 11.3. The number of nitrogens with zero attached hydrogens (tertiary/aromatic N) is 1. The van der Waals surface area contributed by atoms with Crippen molar-refractivity contribution in [1.82, 2.24) is 4.31 Å². The quantitative estimate of drug-likeness (QED) is 0.400.